The molecule has 35 heavy (non-hydrogen) atoms. The van der Waals surface area contributed by atoms with E-state index in [0.29, 0.717) is 24.1 Å². The van der Waals surface area contributed by atoms with Gasteiger partial charge in [-0.05, 0) is 30.5 Å². The first kappa shape index (κ1) is 24.0. The maximum Gasteiger partial charge on any atom is 0.269 e. The second kappa shape index (κ2) is 10.4. The quantitative estimate of drug-likeness (QED) is 0.400. The highest BCUT2D eigenvalue weighted by molar-refractivity contribution is 5.99. The van der Waals surface area contributed by atoms with Crippen LogP contribution in [0.1, 0.15) is 41.7 Å². The standard InChI is InChI=1S/C26H27N5O4/c1-30-23-9-5-2-6-18(23)15-24(30)26(33)29-22-8-4-3-7-21(22)25(32)28-19(16-27)14-17-10-12-20(13-11-17)31(34)35/h2,5-6,9-13,15,19,21-22H,3-4,7-8,14H2,1H3,(H,28,32)(H,29,33). The molecule has 2 N–H and O–H groups in total. The lowest BCUT2D eigenvalue weighted by Gasteiger charge is -2.31. The van der Waals surface area contributed by atoms with Gasteiger partial charge in [0.2, 0.25) is 5.91 Å². The normalized spacial score (nSPS) is 18.4. The number of hydrogen-bond acceptors (Lipinski definition) is 5. The third-order valence-corrected chi connectivity index (χ3v) is 6.66. The van der Waals surface area contributed by atoms with Gasteiger partial charge < -0.3 is 15.2 Å². The van der Waals surface area contributed by atoms with Crippen molar-refractivity contribution in [1.29, 1.82) is 5.26 Å². The Balaban J connectivity index is 1.42. The summed E-state index contributed by atoms with van der Waals surface area (Å²) in [5.41, 5.74) is 2.17. The van der Waals surface area contributed by atoms with E-state index in [1.165, 1.54) is 12.1 Å². The Hall–Kier alpha value is -4.19. The number of carbonyl (C=O) groups is 2. The van der Waals surface area contributed by atoms with Crippen LogP contribution in [0.15, 0.2) is 54.6 Å². The molecule has 1 fully saturated rings. The van der Waals surface area contributed by atoms with E-state index in [1.807, 2.05) is 41.9 Å². The zero-order valence-electron chi connectivity index (χ0n) is 19.4. The van der Waals surface area contributed by atoms with Crippen LogP contribution in [0, 0.1) is 27.4 Å². The van der Waals surface area contributed by atoms with Gasteiger partial charge in [0.1, 0.15) is 11.7 Å². The van der Waals surface area contributed by atoms with Gasteiger partial charge in [0.25, 0.3) is 11.6 Å². The molecule has 1 aliphatic carbocycles. The molecule has 3 aromatic rings. The minimum absolute atomic E-state index is 0.0294. The topological polar surface area (TPSA) is 130 Å². The van der Waals surface area contributed by atoms with E-state index in [2.05, 4.69) is 16.7 Å². The first-order valence-electron chi connectivity index (χ1n) is 11.7. The summed E-state index contributed by atoms with van der Waals surface area (Å²) in [5, 5.41) is 27.3. The largest absolute Gasteiger partial charge is 0.347 e. The Labute approximate surface area is 202 Å². The summed E-state index contributed by atoms with van der Waals surface area (Å²) in [6.07, 6.45) is 3.33. The molecule has 0 spiro atoms. The van der Waals surface area contributed by atoms with Gasteiger partial charge in [-0.25, -0.2) is 0 Å². The van der Waals surface area contributed by atoms with Crippen LogP contribution in [0.5, 0.6) is 0 Å². The Bertz CT molecular complexity index is 1290. The molecule has 3 unspecified atom stereocenters. The second-order valence-corrected chi connectivity index (χ2v) is 8.94. The van der Waals surface area contributed by atoms with Gasteiger partial charge in [0, 0.05) is 42.5 Å². The highest BCUT2D eigenvalue weighted by Gasteiger charge is 2.33. The van der Waals surface area contributed by atoms with Crippen molar-refractivity contribution < 1.29 is 14.5 Å². The molecule has 1 aromatic heterocycles. The van der Waals surface area contributed by atoms with Crippen LogP contribution in [0.25, 0.3) is 10.9 Å². The highest BCUT2D eigenvalue weighted by Crippen LogP contribution is 2.26. The maximum atomic E-state index is 13.1. The molecule has 9 heteroatoms. The van der Waals surface area contributed by atoms with Crippen molar-refractivity contribution in [3.63, 3.8) is 0 Å². The fourth-order valence-electron chi connectivity index (χ4n) is 4.76. The number of nitrogens with one attached hydrogen (secondary N) is 2. The van der Waals surface area contributed by atoms with Gasteiger partial charge in [-0.15, -0.1) is 0 Å². The number of nitro groups is 1. The number of nitriles is 1. The number of amides is 2. The fraction of sp³-hybridized carbons (Fsp3) is 0.346. The molecule has 180 valence electrons. The van der Waals surface area contributed by atoms with Gasteiger partial charge in [-0.2, -0.15) is 5.26 Å². The summed E-state index contributed by atoms with van der Waals surface area (Å²) in [5.74, 6) is -0.924. The molecule has 1 saturated carbocycles. The van der Waals surface area contributed by atoms with E-state index in [4.69, 9.17) is 0 Å². The summed E-state index contributed by atoms with van der Waals surface area (Å²) in [7, 11) is 1.85. The van der Waals surface area contributed by atoms with Crippen molar-refractivity contribution in [1.82, 2.24) is 15.2 Å². The Morgan fingerprint density at radius 2 is 1.89 bits per heavy atom. The molecule has 0 bridgehead atoms. The van der Waals surface area contributed by atoms with Crippen molar-refractivity contribution in [2.75, 3.05) is 0 Å². The van der Waals surface area contributed by atoms with Crippen LogP contribution in [0.4, 0.5) is 5.69 Å². The van der Waals surface area contributed by atoms with Gasteiger partial charge >= 0.3 is 0 Å². The number of rotatable bonds is 7. The van der Waals surface area contributed by atoms with Crippen molar-refractivity contribution >= 4 is 28.4 Å². The Morgan fingerprint density at radius 3 is 2.57 bits per heavy atom. The summed E-state index contributed by atoms with van der Waals surface area (Å²) in [6.45, 7) is 0. The molecule has 0 saturated heterocycles. The molecule has 2 amide bonds. The number of para-hydroxylation sites is 1. The van der Waals surface area contributed by atoms with Crippen molar-refractivity contribution in [2.45, 2.75) is 44.2 Å². The van der Waals surface area contributed by atoms with Crippen molar-refractivity contribution in [3.8, 4) is 6.07 Å². The lowest BCUT2D eigenvalue weighted by molar-refractivity contribution is -0.384. The molecular weight excluding hydrogens is 446 g/mol. The average molecular weight is 474 g/mol. The van der Waals surface area contributed by atoms with E-state index in [9.17, 15) is 25.0 Å². The molecule has 0 radical (unpaired) electrons. The first-order chi connectivity index (χ1) is 16.9. The number of aromatic nitrogens is 1. The molecular formula is C26H27N5O4. The number of hydrogen-bond donors (Lipinski definition) is 2. The van der Waals surface area contributed by atoms with Crippen LogP contribution in [-0.2, 0) is 18.3 Å². The third-order valence-electron chi connectivity index (χ3n) is 6.66. The van der Waals surface area contributed by atoms with E-state index >= 15 is 0 Å². The minimum Gasteiger partial charge on any atom is -0.347 e. The number of nitro benzene ring substituents is 1. The van der Waals surface area contributed by atoms with E-state index in [-0.39, 0.29) is 30.0 Å². The SMILES string of the molecule is Cn1c(C(=O)NC2CCCCC2C(=O)NC(C#N)Cc2ccc([N+](=O)[O-])cc2)cc2ccccc21. The molecule has 1 aliphatic rings. The molecule has 0 aliphatic heterocycles. The van der Waals surface area contributed by atoms with Crippen molar-refractivity contribution in [3.05, 3.63) is 76.0 Å². The predicted molar refractivity (Wildman–Crippen MR) is 130 cm³/mol. The summed E-state index contributed by atoms with van der Waals surface area (Å²) in [6, 6.07) is 16.5. The van der Waals surface area contributed by atoms with Crippen LogP contribution in [-0.4, -0.2) is 33.4 Å². The summed E-state index contributed by atoms with van der Waals surface area (Å²) >= 11 is 0. The van der Waals surface area contributed by atoms with Gasteiger partial charge in [-0.1, -0.05) is 43.2 Å². The Kier molecular flexibility index (Phi) is 7.11. The zero-order chi connectivity index (χ0) is 24.9. The molecule has 1 heterocycles. The third kappa shape index (κ3) is 5.32. The average Bonchev–Trinajstić information content (AvgIpc) is 3.21. The van der Waals surface area contributed by atoms with Crippen molar-refractivity contribution in [2.24, 2.45) is 13.0 Å². The summed E-state index contributed by atoms with van der Waals surface area (Å²) < 4.78 is 1.85. The number of benzene rings is 2. The van der Waals surface area contributed by atoms with Crippen LogP contribution in [0.3, 0.4) is 0 Å². The van der Waals surface area contributed by atoms with Gasteiger partial charge in [0.15, 0.2) is 0 Å². The first-order valence-corrected chi connectivity index (χ1v) is 11.7. The zero-order valence-corrected chi connectivity index (χ0v) is 19.4. The van der Waals surface area contributed by atoms with E-state index in [0.717, 1.165) is 23.7 Å². The number of non-ortho nitro benzene ring substituents is 1. The van der Waals surface area contributed by atoms with E-state index < -0.39 is 16.9 Å². The molecule has 2 aromatic carbocycles. The monoisotopic (exact) mass is 473 g/mol. The van der Waals surface area contributed by atoms with Crippen LogP contribution < -0.4 is 10.6 Å². The number of aryl methyl sites for hydroxylation is 1. The predicted octanol–water partition coefficient (Wildman–Crippen LogP) is 3.63. The van der Waals surface area contributed by atoms with Crippen LogP contribution in [0.2, 0.25) is 0 Å². The Morgan fingerprint density at radius 1 is 1.17 bits per heavy atom. The highest BCUT2D eigenvalue weighted by atomic mass is 16.6. The lowest BCUT2D eigenvalue weighted by Crippen LogP contribution is -2.50. The van der Waals surface area contributed by atoms with E-state index in [1.54, 1.807) is 12.1 Å². The second-order valence-electron chi connectivity index (χ2n) is 8.94. The van der Waals surface area contributed by atoms with Crippen LogP contribution >= 0.6 is 0 Å². The summed E-state index contributed by atoms with van der Waals surface area (Å²) in [4.78, 5) is 36.6. The molecule has 9 nitrogen and oxygen atoms in total. The molecule has 3 atom stereocenters. The number of nitrogens with zero attached hydrogens (tertiary/aromatic N) is 3. The maximum absolute atomic E-state index is 13.1. The van der Waals surface area contributed by atoms with Gasteiger partial charge in [-0.3, -0.25) is 19.7 Å². The molecule has 4 rings (SSSR count). The number of carbonyl (C=O) groups excluding carboxylic acids is 2. The number of fused-ring (bicyclic) bond motifs is 1. The lowest BCUT2D eigenvalue weighted by atomic mass is 9.83. The smallest absolute Gasteiger partial charge is 0.269 e. The minimum atomic E-state index is -0.777. The van der Waals surface area contributed by atoms with Gasteiger partial charge in [0.05, 0.1) is 16.9 Å². The fourth-order valence-corrected chi connectivity index (χ4v) is 4.76.